The average molecular weight is 324 g/mol. The lowest BCUT2D eigenvalue weighted by Gasteiger charge is -2.35. The standard InChI is InChI=1S/C20H24N2O2/c1-2-7-17-20(15-10-5-6-11-16(15)21-19(20)24)12-13-22(17)18(23)14-8-3-4-9-14/h3-6,10-11,14,17H,2,7-9,12-13H2,1H3,(H,21,24)/t17-,20-/m0/s1. The van der Waals surface area contributed by atoms with Crippen LogP contribution in [-0.4, -0.2) is 29.3 Å². The Morgan fingerprint density at radius 1 is 1.29 bits per heavy atom. The predicted molar refractivity (Wildman–Crippen MR) is 93.6 cm³/mol. The third-order valence-corrected chi connectivity index (χ3v) is 5.96. The molecule has 0 aromatic heterocycles. The van der Waals surface area contributed by atoms with Gasteiger partial charge >= 0.3 is 0 Å². The van der Waals surface area contributed by atoms with Crippen LogP contribution in [0.4, 0.5) is 5.69 Å². The van der Waals surface area contributed by atoms with E-state index in [2.05, 4.69) is 30.5 Å². The first-order chi connectivity index (χ1) is 11.7. The van der Waals surface area contributed by atoms with Crippen LogP contribution < -0.4 is 5.32 Å². The Labute approximate surface area is 142 Å². The zero-order chi connectivity index (χ0) is 16.7. The number of amides is 2. The summed E-state index contributed by atoms with van der Waals surface area (Å²) < 4.78 is 0. The Morgan fingerprint density at radius 2 is 2.04 bits per heavy atom. The zero-order valence-electron chi connectivity index (χ0n) is 14.1. The number of rotatable bonds is 3. The van der Waals surface area contributed by atoms with Crippen LogP contribution in [0.1, 0.15) is 44.6 Å². The van der Waals surface area contributed by atoms with E-state index in [1.807, 2.05) is 23.1 Å². The van der Waals surface area contributed by atoms with E-state index in [9.17, 15) is 9.59 Å². The van der Waals surface area contributed by atoms with E-state index < -0.39 is 5.41 Å². The number of para-hydroxylation sites is 1. The van der Waals surface area contributed by atoms with Crippen LogP contribution >= 0.6 is 0 Å². The van der Waals surface area contributed by atoms with Gasteiger partial charge in [0, 0.05) is 18.2 Å². The van der Waals surface area contributed by atoms with Gasteiger partial charge in [-0.15, -0.1) is 0 Å². The SMILES string of the molecule is CCC[C@@H]1N(C(=O)C2CC=CC2)CC[C@@]12C(=O)Nc1ccccc12. The molecule has 1 aliphatic carbocycles. The molecule has 0 unspecified atom stereocenters. The summed E-state index contributed by atoms with van der Waals surface area (Å²) in [5, 5.41) is 3.06. The normalized spacial score (nSPS) is 28.6. The minimum absolute atomic E-state index is 0.0285. The fraction of sp³-hybridized carbons (Fsp3) is 0.500. The minimum atomic E-state index is -0.561. The summed E-state index contributed by atoms with van der Waals surface area (Å²) >= 11 is 0. The molecule has 2 aliphatic heterocycles. The van der Waals surface area contributed by atoms with Gasteiger partial charge in [0.1, 0.15) is 0 Å². The molecular formula is C20H24N2O2. The maximum absolute atomic E-state index is 13.0. The maximum Gasteiger partial charge on any atom is 0.237 e. The molecule has 1 fully saturated rings. The zero-order valence-corrected chi connectivity index (χ0v) is 14.1. The van der Waals surface area contributed by atoms with Gasteiger partial charge in [-0.2, -0.15) is 0 Å². The van der Waals surface area contributed by atoms with Gasteiger partial charge in [-0.3, -0.25) is 9.59 Å². The number of allylic oxidation sites excluding steroid dienone is 2. The molecule has 2 amide bonds. The first-order valence-electron chi connectivity index (χ1n) is 9.05. The molecule has 0 saturated carbocycles. The Morgan fingerprint density at radius 3 is 2.79 bits per heavy atom. The van der Waals surface area contributed by atoms with Crippen LogP contribution in [-0.2, 0) is 15.0 Å². The number of benzene rings is 1. The van der Waals surface area contributed by atoms with Gasteiger partial charge in [0.15, 0.2) is 0 Å². The van der Waals surface area contributed by atoms with E-state index in [0.29, 0.717) is 6.54 Å². The minimum Gasteiger partial charge on any atom is -0.338 e. The monoisotopic (exact) mass is 324 g/mol. The van der Waals surface area contributed by atoms with Gasteiger partial charge in [0.2, 0.25) is 11.8 Å². The lowest BCUT2D eigenvalue weighted by molar-refractivity contribution is -0.137. The summed E-state index contributed by atoms with van der Waals surface area (Å²) in [5.74, 6) is 0.369. The van der Waals surface area contributed by atoms with E-state index in [1.165, 1.54) is 0 Å². The first kappa shape index (κ1) is 15.4. The Bertz CT molecular complexity index is 703. The van der Waals surface area contributed by atoms with Crippen LogP contribution in [0.25, 0.3) is 0 Å². The highest BCUT2D eigenvalue weighted by atomic mass is 16.2. The summed E-state index contributed by atoms with van der Waals surface area (Å²) in [6.45, 7) is 2.81. The van der Waals surface area contributed by atoms with Crippen LogP contribution in [0.15, 0.2) is 36.4 Å². The molecule has 1 N–H and O–H groups in total. The molecule has 0 bridgehead atoms. The quantitative estimate of drug-likeness (QED) is 0.868. The van der Waals surface area contributed by atoms with Crippen molar-refractivity contribution in [3.05, 3.63) is 42.0 Å². The van der Waals surface area contributed by atoms with Crippen molar-refractivity contribution in [3.63, 3.8) is 0 Å². The van der Waals surface area contributed by atoms with Crippen LogP contribution in [0.5, 0.6) is 0 Å². The van der Waals surface area contributed by atoms with Crippen molar-refractivity contribution in [2.24, 2.45) is 5.92 Å². The number of carbonyl (C=O) groups is 2. The van der Waals surface area contributed by atoms with Crippen molar-refractivity contribution in [2.45, 2.75) is 50.5 Å². The summed E-state index contributed by atoms with van der Waals surface area (Å²) in [4.78, 5) is 28.0. The molecule has 126 valence electrons. The second kappa shape index (κ2) is 5.76. The Kier molecular flexibility index (Phi) is 3.70. The Hall–Kier alpha value is -2.10. The summed E-state index contributed by atoms with van der Waals surface area (Å²) in [5.41, 5.74) is 1.43. The third-order valence-electron chi connectivity index (χ3n) is 5.96. The number of nitrogens with zero attached hydrogens (tertiary/aromatic N) is 1. The van der Waals surface area contributed by atoms with Crippen molar-refractivity contribution in [3.8, 4) is 0 Å². The van der Waals surface area contributed by atoms with E-state index in [-0.39, 0.29) is 23.8 Å². The third kappa shape index (κ3) is 2.05. The van der Waals surface area contributed by atoms with Gasteiger partial charge in [-0.05, 0) is 37.3 Å². The fourth-order valence-corrected chi connectivity index (χ4v) is 4.79. The molecule has 2 heterocycles. The van der Waals surface area contributed by atoms with Crippen LogP contribution in [0.3, 0.4) is 0 Å². The lowest BCUT2D eigenvalue weighted by atomic mass is 9.73. The van der Waals surface area contributed by atoms with Gasteiger partial charge < -0.3 is 10.2 Å². The van der Waals surface area contributed by atoms with E-state index >= 15 is 0 Å². The number of hydrogen-bond donors (Lipinski definition) is 1. The topological polar surface area (TPSA) is 49.4 Å². The highest BCUT2D eigenvalue weighted by Crippen LogP contribution is 2.49. The number of carbonyl (C=O) groups excluding carboxylic acids is 2. The molecule has 24 heavy (non-hydrogen) atoms. The number of likely N-dealkylation sites (tertiary alicyclic amines) is 1. The summed E-state index contributed by atoms with van der Waals surface area (Å²) in [6, 6.07) is 7.95. The smallest absolute Gasteiger partial charge is 0.237 e. The molecule has 1 aromatic carbocycles. The molecule has 4 nitrogen and oxygen atoms in total. The van der Waals surface area contributed by atoms with Crippen molar-refractivity contribution >= 4 is 17.5 Å². The maximum atomic E-state index is 13.0. The molecular weight excluding hydrogens is 300 g/mol. The molecule has 4 heteroatoms. The van der Waals surface area contributed by atoms with Crippen molar-refractivity contribution in [2.75, 3.05) is 11.9 Å². The van der Waals surface area contributed by atoms with E-state index in [0.717, 1.165) is 43.4 Å². The van der Waals surface area contributed by atoms with Crippen molar-refractivity contribution in [1.82, 2.24) is 4.90 Å². The van der Waals surface area contributed by atoms with Crippen LogP contribution in [0.2, 0.25) is 0 Å². The molecule has 1 saturated heterocycles. The highest BCUT2D eigenvalue weighted by Gasteiger charge is 2.58. The first-order valence-corrected chi connectivity index (χ1v) is 9.05. The van der Waals surface area contributed by atoms with E-state index in [4.69, 9.17) is 0 Å². The van der Waals surface area contributed by atoms with Gasteiger partial charge in [0.05, 0.1) is 11.5 Å². The van der Waals surface area contributed by atoms with Crippen molar-refractivity contribution in [1.29, 1.82) is 0 Å². The van der Waals surface area contributed by atoms with E-state index in [1.54, 1.807) is 0 Å². The van der Waals surface area contributed by atoms with Crippen molar-refractivity contribution < 1.29 is 9.59 Å². The number of nitrogens with one attached hydrogen (secondary N) is 1. The van der Waals surface area contributed by atoms with Crippen LogP contribution in [0, 0.1) is 5.92 Å². The predicted octanol–water partition coefficient (Wildman–Crippen LogP) is 3.24. The number of hydrogen-bond acceptors (Lipinski definition) is 2. The largest absolute Gasteiger partial charge is 0.338 e. The molecule has 1 spiro atoms. The van der Waals surface area contributed by atoms with Gasteiger partial charge in [-0.1, -0.05) is 43.7 Å². The molecule has 2 atom stereocenters. The molecule has 4 rings (SSSR count). The van der Waals surface area contributed by atoms with Gasteiger partial charge in [-0.25, -0.2) is 0 Å². The molecule has 1 aromatic rings. The lowest BCUT2D eigenvalue weighted by Crippen LogP contribution is -2.49. The second-order valence-electron chi connectivity index (χ2n) is 7.20. The highest BCUT2D eigenvalue weighted by molar-refractivity contribution is 6.07. The second-order valence-corrected chi connectivity index (χ2v) is 7.20. The van der Waals surface area contributed by atoms with Gasteiger partial charge in [0.25, 0.3) is 0 Å². The number of fused-ring (bicyclic) bond motifs is 2. The molecule has 3 aliphatic rings. The average Bonchev–Trinajstić information content (AvgIpc) is 3.29. The summed E-state index contributed by atoms with van der Waals surface area (Å²) in [7, 11) is 0. The summed E-state index contributed by atoms with van der Waals surface area (Å²) in [6.07, 6.45) is 8.43. The molecule has 0 radical (unpaired) electrons. The number of anilines is 1. The fourth-order valence-electron chi connectivity index (χ4n) is 4.79. The Balaban J connectivity index is 1.72.